The third-order valence-electron chi connectivity index (χ3n) is 4.39. The van der Waals surface area contributed by atoms with Gasteiger partial charge in [-0.25, -0.2) is 0 Å². The third-order valence-corrected chi connectivity index (χ3v) is 4.64. The summed E-state index contributed by atoms with van der Waals surface area (Å²) in [6.45, 7) is 1.56. The molecule has 0 saturated carbocycles. The number of hydrogen-bond donors (Lipinski definition) is 1. The van der Waals surface area contributed by atoms with E-state index in [-0.39, 0.29) is 11.5 Å². The first-order chi connectivity index (χ1) is 14.2. The topological polar surface area (TPSA) is 102 Å². The van der Waals surface area contributed by atoms with Gasteiger partial charge in [0.1, 0.15) is 17.3 Å². The smallest absolute Gasteiger partial charge is 0.284 e. The van der Waals surface area contributed by atoms with Gasteiger partial charge in [-0.1, -0.05) is 23.7 Å². The van der Waals surface area contributed by atoms with Gasteiger partial charge < -0.3 is 10.2 Å². The largest absolute Gasteiger partial charge is 0.347 e. The van der Waals surface area contributed by atoms with Gasteiger partial charge in [0, 0.05) is 31.7 Å². The van der Waals surface area contributed by atoms with Crippen molar-refractivity contribution in [2.24, 2.45) is 7.05 Å². The van der Waals surface area contributed by atoms with Crippen molar-refractivity contribution in [2.45, 2.75) is 13.0 Å². The van der Waals surface area contributed by atoms with E-state index >= 15 is 0 Å². The lowest BCUT2D eigenvalue weighted by atomic mass is 10.1. The minimum atomic E-state index is -0.800. The van der Waals surface area contributed by atoms with Crippen molar-refractivity contribution >= 4 is 23.4 Å². The Morgan fingerprint density at radius 3 is 2.43 bits per heavy atom. The molecule has 0 saturated heterocycles. The minimum absolute atomic E-state index is 0.141. The van der Waals surface area contributed by atoms with Crippen molar-refractivity contribution < 1.29 is 9.59 Å². The average Bonchev–Trinajstić information content (AvgIpc) is 3.14. The average molecular weight is 429 g/mol. The molecule has 10 heteroatoms. The van der Waals surface area contributed by atoms with Crippen LogP contribution in [0.5, 0.6) is 0 Å². The normalized spacial score (nSPS) is 11.8. The third kappa shape index (κ3) is 4.41. The predicted molar refractivity (Wildman–Crippen MR) is 113 cm³/mol. The molecule has 3 rings (SSSR count). The number of carbonyl (C=O) groups excluding carboxylic acids is 2. The first kappa shape index (κ1) is 21.3. The Balaban J connectivity index is 2.10. The van der Waals surface area contributed by atoms with E-state index in [1.807, 2.05) is 0 Å². The molecule has 1 N–H and O–H groups in total. The number of nitrogens with zero attached hydrogens (tertiary/aromatic N) is 5. The molecule has 1 unspecified atom stereocenters. The van der Waals surface area contributed by atoms with E-state index in [1.165, 1.54) is 21.8 Å². The molecule has 0 radical (unpaired) electrons. The number of likely N-dealkylation sites (N-methyl/N-ethyl adjacent to an activating group) is 1. The van der Waals surface area contributed by atoms with Gasteiger partial charge in [-0.2, -0.15) is 14.9 Å². The Labute approximate surface area is 177 Å². The predicted octanol–water partition coefficient (Wildman–Crippen LogP) is 1.49. The fourth-order valence-electron chi connectivity index (χ4n) is 2.84. The lowest BCUT2D eigenvalue weighted by Gasteiger charge is -2.18. The van der Waals surface area contributed by atoms with Crippen molar-refractivity contribution in [2.75, 3.05) is 14.1 Å². The molecule has 30 heavy (non-hydrogen) atoms. The Hall–Kier alpha value is -3.46. The van der Waals surface area contributed by atoms with Crippen molar-refractivity contribution in [1.82, 2.24) is 29.8 Å². The summed E-state index contributed by atoms with van der Waals surface area (Å²) in [6.07, 6.45) is 3.08. The summed E-state index contributed by atoms with van der Waals surface area (Å²) >= 11 is 5.96. The monoisotopic (exact) mass is 428 g/mol. The molecule has 2 amide bonds. The molecular formula is C20H21ClN6O3. The number of aromatic nitrogens is 4. The number of benzene rings is 1. The summed E-state index contributed by atoms with van der Waals surface area (Å²) in [7, 11) is 4.89. The summed E-state index contributed by atoms with van der Waals surface area (Å²) in [5.41, 5.74) is 0.708. The molecule has 2 aromatic heterocycles. The van der Waals surface area contributed by atoms with Crippen LogP contribution in [0.2, 0.25) is 5.02 Å². The molecule has 1 atom stereocenters. The molecule has 0 aliphatic heterocycles. The van der Waals surface area contributed by atoms with E-state index in [9.17, 15) is 14.4 Å². The fraction of sp³-hybridized carbons (Fsp3) is 0.250. The van der Waals surface area contributed by atoms with E-state index in [0.717, 1.165) is 4.68 Å². The zero-order valence-corrected chi connectivity index (χ0v) is 17.7. The van der Waals surface area contributed by atoms with Crippen molar-refractivity contribution in [3.63, 3.8) is 0 Å². The first-order valence-electron chi connectivity index (χ1n) is 9.08. The molecule has 0 aliphatic carbocycles. The van der Waals surface area contributed by atoms with Gasteiger partial charge in [0.2, 0.25) is 5.91 Å². The molecule has 9 nitrogen and oxygen atoms in total. The van der Waals surface area contributed by atoms with Crippen LogP contribution in [0, 0.1) is 0 Å². The standard InChI is InChI=1S/C20H21ClN6O3/c1-12(19(29)25(2)3)23-18(28)16-9-17(13-5-7-14(21)8-6-13)24-27(20(16)30)15-10-22-26(4)11-15/h5-12H,1-4H3,(H,23,28). The zero-order chi connectivity index (χ0) is 22.0. The maximum atomic E-state index is 13.0. The molecule has 0 bridgehead atoms. The molecule has 2 heterocycles. The van der Waals surface area contributed by atoms with Gasteiger partial charge in [-0.15, -0.1) is 0 Å². The van der Waals surface area contributed by atoms with Gasteiger partial charge in [0.25, 0.3) is 11.5 Å². The van der Waals surface area contributed by atoms with E-state index in [4.69, 9.17) is 11.6 Å². The second-order valence-electron chi connectivity index (χ2n) is 6.97. The van der Waals surface area contributed by atoms with Gasteiger partial charge in [0.05, 0.1) is 18.1 Å². The number of halogens is 1. The second-order valence-corrected chi connectivity index (χ2v) is 7.40. The lowest BCUT2D eigenvalue weighted by molar-refractivity contribution is -0.130. The quantitative estimate of drug-likeness (QED) is 0.663. The first-order valence-corrected chi connectivity index (χ1v) is 9.46. The van der Waals surface area contributed by atoms with E-state index < -0.39 is 17.5 Å². The Morgan fingerprint density at radius 1 is 1.20 bits per heavy atom. The fourth-order valence-corrected chi connectivity index (χ4v) is 2.96. The summed E-state index contributed by atoms with van der Waals surface area (Å²) in [5, 5.41) is 11.6. The molecule has 0 fully saturated rings. The zero-order valence-electron chi connectivity index (χ0n) is 17.0. The van der Waals surface area contributed by atoms with Crippen molar-refractivity contribution in [3.05, 3.63) is 63.7 Å². The van der Waals surface area contributed by atoms with Gasteiger partial charge in [-0.3, -0.25) is 19.1 Å². The number of aryl methyl sites for hydroxylation is 1. The Morgan fingerprint density at radius 2 is 1.87 bits per heavy atom. The van der Waals surface area contributed by atoms with Crippen LogP contribution >= 0.6 is 11.6 Å². The van der Waals surface area contributed by atoms with E-state index in [2.05, 4.69) is 15.5 Å². The highest BCUT2D eigenvalue weighted by Crippen LogP contribution is 2.20. The summed E-state index contributed by atoms with van der Waals surface area (Å²) in [5.74, 6) is -0.958. The van der Waals surface area contributed by atoms with Crippen LogP contribution in [-0.2, 0) is 11.8 Å². The molecule has 0 spiro atoms. The van der Waals surface area contributed by atoms with Crippen LogP contribution in [0.4, 0.5) is 0 Å². The number of hydrogen-bond acceptors (Lipinski definition) is 5. The van der Waals surface area contributed by atoms with Crippen LogP contribution in [0.15, 0.2) is 47.5 Å². The maximum Gasteiger partial charge on any atom is 0.284 e. The Kier molecular flexibility index (Phi) is 6.02. The minimum Gasteiger partial charge on any atom is -0.347 e. The number of carbonyl (C=O) groups is 2. The highest BCUT2D eigenvalue weighted by atomic mass is 35.5. The molecule has 3 aromatic rings. The van der Waals surface area contributed by atoms with Gasteiger partial charge >= 0.3 is 0 Å². The van der Waals surface area contributed by atoms with Crippen LogP contribution in [-0.4, -0.2) is 56.4 Å². The Bertz CT molecular complexity index is 1150. The molecular weight excluding hydrogens is 408 g/mol. The van der Waals surface area contributed by atoms with Crippen molar-refractivity contribution in [1.29, 1.82) is 0 Å². The number of nitrogens with one attached hydrogen (secondary N) is 1. The van der Waals surface area contributed by atoms with Crippen LogP contribution < -0.4 is 10.9 Å². The highest BCUT2D eigenvalue weighted by molar-refractivity contribution is 6.30. The second kappa shape index (κ2) is 8.50. The number of amides is 2. The van der Waals surface area contributed by atoms with E-state index in [0.29, 0.717) is 22.0 Å². The molecule has 0 aliphatic rings. The van der Waals surface area contributed by atoms with E-state index in [1.54, 1.807) is 58.5 Å². The lowest BCUT2D eigenvalue weighted by Crippen LogP contribution is -2.45. The van der Waals surface area contributed by atoms with Crippen LogP contribution in [0.3, 0.4) is 0 Å². The summed E-state index contributed by atoms with van der Waals surface area (Å²) in [4.78, 5) is 39.4. The van der Waals surface area contributed by atoms with Gasteiger partial charge in [-0.05, 0) is 25.1 Å². The SMILES string of the molecule is CC(NC(=O)c1cc(-c2ccc(Cl)cc2)nn(-c2cnn(C)c2)c1=O)C(=O)N(C)C. The summed E-state index contributed by atoms with van der Waals surface area (Å²) < 4.78 is 2.64. The summed E-state index contributed by atoms with van der Waals surface area (Å²) in [6, 6.07) is 7.46. The number of rotatable bonds is 5. The molecule has 1 aromatic carbocycles. The van der Waals surface area contributed by atoms with Crippen LogP contribution in [0.1, 0.15) is 17.3 Å². The molecule has 156 valence electrons. The van der Waals surface area contributed by atoms with Crippen molar-refractivity contribution in [3.8, 4) is 16.9 Å². The maximum absolute atomic E-state index is 13.0. The van der Waals surface area contributed by atoms with Gasteiger partial charge in [0.15, 0.2) is 0 Å². The van der Waals surface area contributed by atoms with Crippen LogP contribution in [0.25, 0.3) is 16.9 Å². The highest BCUT2D eigenvalue weighted by Gasteiger charge is 2.22.